The predicted octanol–water partition coefficient (Wildman–Crippen LogP) is 2.00. The summed E-state index contributed by atoms with van der Waals surface area (Å²) in [6.45, 7) is 0.410. The molecule has 7 nitrogen and oxygen atoms in total. The van der Waals surface area contributed by atoms with E-state index in [-0.39, 0.29) is 12.8 Å². The molecule has 0 heterocycles. The fourth-order valence-corrected chi connectivity index (χ4v) is 1.93. The van der Waals surface area contributed by atoms with Crippen LogP contribution in [0.25, 0.3) is 0 Å². The minimum absolute atomic E-state index is 0.0981. The maximum absolute atomic E-state index is 11.8. The van der Waals surface area contributed by atoms with Crippen molar-refractivity contribution in [2.45, 2.75) is 31.8 Å². The number of carboxylic acid groups (broad SMARTS) is 2. The average Bonchev–Trinajstić information content (AvgIpc) is 2.42. The standard InChI is InChI=1S/C18H27NO6/c1-19(2,3)14-15(13-17(22)23)25-18(24)12-10-8-6-4-5-7-9-11-16(20)21/h4-7,10,12,15H,8-9,11,13-14H2,1-3H3,(H-,20,21,22,23)/p+1/b6-4+,7-5+,12-10+. The minimum Gasteiger partial charge on any atom is -0.481 e. The van der Waals surface area contributed by atoms with Gasteiger partial charge in [0.15, 0.2) is 6.10 Å². The lowest BCUT2D eigenvalue weighted by molar-refractivity contribution is -0.873. The number of carboxylic acids is 2. The first-order valence-electron chi connectivity index (χ1n) is 8.03. The fourth-order valence-electron chi connectivity index (χ4n) is 1.93. The van der Waals surface area contributed by atoms with Gasteiger partial charge in [0, 0.05) is 12.5 Å². The van der Waals surface area contributed by atoms with Crippen LogP contribution in [0.3, 0.4) is 0 Å². The van der Waals surface area contributed by atoms with E-state index in [1.54, 1.807) is 24.3 Å². The monoisotopic (exact) mass is 354 g/mol. The Hall–Kier alpha value is -2.41. The number of rotatable bonds is 12. The zero-order valence-corrected chi connectivity index (χ0v) is 15.1. The van der Waals surface area contributed by atoms with Crippen molar-refractivity contribution in [3.05, 3.63) is 36.5 Å². The van der Waals surface area contributed by atoms with E-state index in [9.17, 15) is 14.4 Å². The van der Waals surface area contributed by atoms with E-state index < -0.39 is 24.0 Å². The fraction of sp³-hybridized carbons (Fsp3) is 0.500. The Balaban J connectivity index is 4.25. The molecule has 1 atom stereocenters. The number of allylic oxidation sites excluding steroid dienone is 5. The normalized spacial score (nSPS) is 13.6. The van der Waals surface area contributed by atoms with Crippen LogP contribution in [0.1, 0.15) is 25.7 Å². The molecule has 2 N–H and O–H groups in total. The Bertz CT molecular complexity index is 528. The third-order valence-corrected chi connectivity index (χ3v) is 2.87. The van der Waals surface area contributed by atoms with Crippen LogP contribution < -0.4 is 0 Å². The van der Waals surface area contributed by atoms with Crippen molar-refractivity contribution in [1.82, 2.24) is 0 Å². The molecule has 0 spiro atoms. The number of aliphatic carboxylic acids is 2. The minimum atomic E-state index is -1.01. The molecule has 140 valence electrons. The number of hydrogen-bond acceptors (Lipinski definition) is 4. The summed E-state index contributed by atoms with van der Waals surface area (Å²) in [6.07, 6.45) is 10.2. The second kappa shape index (κ2) is 12.0. The molecule has 0 aliphatic carbocycles. The molecule has 0 aliphatic rings. The van der Waals surface area contributed by atoms with Gasteiger partial charge in [0.25, 0.3) is 0 Å². The molecule has 0 fully saturated rings. The van der Waals surface area contributed by atoms with Gasteiger partial charge < -0.3 is 19.4 Å². The van der Waals surface area contributed by atoms with Crippen LogP contribution in [0.15, 0.2) is 36.5 Å². The number of ether oxygens (including phenoxy) is 1. The second-order valence-corrected chi connectivity index (χ2v) is 6.56. The van der Waals surface area contributed by atoms with E-state index in [4.69, 9.17) is 14.9 Å². The second-order valence-electron chi connectivity index (χ2n) is 6.56. The van der Waals surface area contributed by atoms with Crippen LogP contribution >= 0.6 is 0 Å². The average molecular weight is 354 g/mol. The van der Waals surface area contributed by atoms with E-state index in [1.165, 1.54) is 6.08 Å². The highest BCUT2D eigenvalue weighted by Crippen LogP contribution is 2.06. The van der Waals surface area contributed by atoms with Gasteiger partial charge in [-0.2, -0.15) is 0 Å². The van der Waals surface area contributed by atoms with Gasteiger partial charge in [0.05, 0.1) is 27.6 Å². The van der Waals surface area contributed by atoms with Crippen LogP contribution in [0.2, 0.25) is 0 Å². The number of carbonyl (C=O) groups is 3. The van der Waals surface area contributed by atoms with Crippen LogP contribution in [-0.2, 0) is 19.1 Å². The van der Waals surface area contributed by atoms with Crippen molar-refractivity contribution < 1.29 is 33.8 Å². The Kier molecular flexibility index (Phi) is 10.9. The van der Waals surface area contributed by atoms with E-state index in [0.717, 1.165) is 0 Å². The van der Waals surface area contributed by atoms with Crippen LogP contribution in [0.5, 0.6) is 0 Å². The molecular formula is C18H28NO6+. The molecular weight excluding hydrogens is 326 g/mol. The quantitative estimate of drug-likeness (QED) is 0.241. The van der Waals surface area contributed by atoms with Crippen molar-refractivity contribution >= 4 is 17.9 Å². The summed E-state index contributed by atoms with van der Waals surface area (Å²) in [7, 11) is 5.69. The van der Waals surface area contributed by atoms with Gasteiger partial charge in [0.2, 0.25) is 0 Å². The van der Waals surface area contributed by atoms with Crippen LogP contribution in [-0.4, -0.2) is 66.4 Å². The lowest BCUT2D eigenvalue weighted by Gasteiger charge is -2.28. The predicted molar refractivity (Wildman–Crippen MR) is 93.9 cm³/mol. The Morgan fingerprint density at radius 1 is 1.00 bits per heavy atom. The number of carbonyl (C=O) groups excluding carboxylic acids is 1. The van der Waals surface area contributed by atoms with E-state index in [2.05, 4.69) is 0 Å². The molecule has 0 radical (unpaired) electrons. The molecule has 7 heteroatoms. The summed E-state index contributed by atoms with van der Waals surface area (Å²) in [5.74, 6) is -2.40. The van der Waals surface area contributed by atoms with Crippen molar-refractivity contribution in [2.24, 2.45) is 0 Å². The highest BCUT2D eigenvalue weighted by atomic mass is 16.5. The summed E-state index contributed by atoms with van der Waals surface area (Å²) in [5, 5.41) is 17.4. The van der Waals surface area contributed by atoms with Gasteiger partial charge in [0.1, 0.15) is 6.54 Å². The summed E-state index contributed by atoms with van der Waals surface area (Å²) in [4.78, 5) is 32.9. The number of quaternary nitrogens is 1. The Labute approximate surface area is 148 Å². The maximum atomic E-state index is 11.8. The molecule has 0 aromatic carbocycles. The number of hydrogen-bond donors (Lipinski definition) is 2. The van der Waals surface area contributed by atoms with Crippen molar-refractivity contribution in [2.75, 3.05) is 27.7 Å². The zero-order chi connectivity index (χ0) is 19.3. The molecule has 0 rings (SSSR count). The summed E-state index contributed by atoms with van der Waals surface area (Å²) in [6, 6.07) is 0. The molecule has 0 aromatic rings. The number of likely N-dealkylation sites (N-methyl/N-ethyl adjacent to an activating group) is 1. The molecule has 0 saturated carbocycles. The van der Waals surface area contributed by atoms with Crippen LogP contribution in [0, 0.1) is 0 Å². The van der Waals surface area contributed by atoms with E-state index in [1.807, 2.05) is 27.2 Å². The zero-order valence-electron chi connectivity index (χ0n) is 15.1. The lowest BCUT2D eigenvalue weighted by Crippen LogP contribution is -2.43. The van der Waals surface area contributed by atoms with Gasteiger partial charge >= 0.3 is 17.9 Å². The smallest absolute Gasteiger partial charge is 0.330 e. The third-order valence-electron chi connectivity index (χ3n) is 2.87. The van der Waals surface area contributed by atoms with Gasteiger partial charge in [-0.1, -0.05) is 30.4 Å². The first-order chi connectivity index (χ1) is 11.6. The Morgan fingerprint density at radius 3 is 2.20 bits per heavy atom. The van der Waals surface area contributed by atoms with E-state index >= 15 is 0 Å². The highest BCUT2D eigenvalue weighted by molar-refractivity contribution is 5.82. The molecule has 0 amide bonds. The molecule has 0 aromatic heterocycles. The third kappa shape index (κ3) is 16.2. The lowest BCUT2D eigenvalue weighted by atomic mass is 10.2. The van der Waals surface area contributed by atoms with Crippen molar-refractivity contribution in [1.29, 1.82) is 0 Å². The molecule has 0 saturated heterocycles. The van der Waals surface area contributed by atoms with Gasteiger partial charge in [-0.25, -0.2) is 4.79 Å². The summed E-state index contributed by atoms with van der Waals surface area (Å²) < 4.78 is 5.70. The van der Waals surface area contributed by atoms with Gasteiger partial charge in [-0.05, 0) is 12.8 Å². The number of esters is 1. The van der Waals surface area contributed by atoms with Crippen LogP contribution in [0.4, 0.5) is 0 Å². The first-order valence-corrected chi connectivity index (χ1v) is 8.03. The van der Waals surface area contributed by atoms with Crippen molar-refractivity contribution in [3.63, 3.8) is 0 Å². The van der Waals surface area contributed by atoms with Crippen molar-refractivity contribution in [3.8, 4) is 0 Å². The Morgan fingerprint density at radius 2 is 1.64 bits per heavy atom. The molecule has 0 aliphatic heterocycles. The topological polar surface area (TPSA) is 101 Å². The first kappa shape index (κ1) is 22.6. The van der Waals surface area contributed by atoms with Gasteiger partial charge in [-0.15, -0.1) is 0 Å². The molecule has 1 unspecified atom stereocenters. The number of nitrogens with zero attached hydrogens (tertiary/aromatic N) is 1. The maximum Gasteiger partial charge on any atom is 0.330 e. The van der Waals surface area contributed by atoms with Gasteiger partial charge in [-0.3, -0.25) is 9.59 Å². The molecule has 0 bridgehead atoms. The highest BCUT2D eigenvalue weighted by Gasteiger charge is 2.23. The largest absolute Gasteiger partial charge is 0.481 e. The summed E-state index contributed by atoms with van der Waals surface area (Å²) >= 11 is 0. The summed E-state index contributed by atoms with van der Waals surface area (Å²) in [5.41, 5.74) is 0. The SMILES string of the molecule is C[N+](C)(C)CC(CC(=O)O)OC(=O)/C=C/C/C=C/C=C/CCC(=O)O. The molecule has 25 heavy (non-hydrogen) atoms. The van der Waals surface area contributed by atoms with E-state index in [0.29, 0.717) is 23.9 Å².